The molecule has 2 heteroatoms. The van der Waals surface area contributed by atoms with Crippen molar-refractivity contribution in [2.24, 2.45) is 0 Å². The first-order chi connectivity index (χ1) is 6.77. The number of phenolic OH excluding ortho intramolecular Hbond substituents is 1. The second-order valence-corrected chi connectivity index (χ2v) is 4.40. The zero-order valence-electron chi connectivity index (χ0n) is 9.79. The van der Waals surface area contributed by atoms with Gasteiger partial charge >= 0.3 is 0 Å². The van der Waals surface area contributed by atoms with Crippen LogP contribution in [0.25, 0.3) is 0 Å². The van der Waals surface area contributed by atoms with Crippen LogP contribution in [0, 0.1) is 6.92 Å². The molecule has 0 unspecified atom stereocenters. The maximum atomic E-state index is 9.84. The molecule has 1 nitrogen and oxygen atoms in total. The monoisotopic (exact) mass is 229 g/mol. The number of rotatable bonds is 1. The van der Waals surface area contributed by atoms with E-state index in [1.54, 1.807) is 0 Å². The van der Waals surface area contributed by atoms with Crippen molar-refractivity contribution < 1.29 is 5.11 Å². The third-order valence-corrected chi connectivity index (χ3v) is 3.23. The van der Waals surface area contributed by atoms with Crippen LogP contribution in [0.2, 0.25) is 0 Å². The molecule has 0 aromatic heterocycles. The van der Waals surface area contributed by atoms with Crippen LogP contribution in [0.15, 0.2) is 18.2 Å². The van der Waals surface area contributed by atoms with Gasteiger partial charge in [-0.15, -0.1) is 0 Å². The first kappa shape index (κ1) is 13.7. The fraction of sp³-hybridized carbons (Fsp3) is 0.538. The van der Waals surface area contributed by atoms with E-state index in [1.807, 2.05) is 13.0 Å². The molecule has 15 heavy (non-hydrogen) atoms. The third kappa shape index (κ3) is 3.57. The average Bonchev–Trinajstić information content (AvgIpc) is 2.19. The Morgan fingerprint density at radius 2 is 1.80 bits per heavy atom. The van der Waals surface area contributed by atoms with E-state index in [9.17, 15) is 5.11 Å². The number of aryl methyl sites for hydroxylation is 1. The molecule has 1 aromatic carbocycles. The molecule has 1 radical (unpaired) electrons. The van der Waals surface area contributed by atoms with E-state index in [2.05, 4.69) is 12.1 Å². The minimum absolute atomic E-state index is 0. The molecule has 0 atom stereocenters. The summed E-state index contributed by atoms with van der Waals surface area (Å²) in [7, 11) is 0. The van der Waals surface area contributed by atoms with Gasteiger partial charge in [0.1, 0.15) is 5.75 Å². The normalized spacial score (nSPS) is 17.1. The largest absolute Gasteiger partial charge is 0.508 e. The Morgan fingerprint density at radius 1 is 1.13 bits per heavy atom. The predicted molar refractivity (Wildman–Crippen MR) is 64.4 cm³/mol. The molecule has 1 N–H and O–H groups in total. The Balaban J connectivity index is 0.00000112. The molecule has 1 aliphatic carbocycles. The third-order valence-electron chi connectivity index (χ3n) is 3.23. The van der Waals surface area contributed by atoms with E-state index in [-0.39, 0.29) is 51.4 Å². The average molecular weight is 229 g/mol. The molecular formula is C13H18KO. The molecule has 1 aromatic rings. The number of aromatic hydroxyl groups is 1. The predicted octanol–water partition coefficient (Wildman–Crippen LogP) is 3.37. The second kappa shape index (κ2) is 6.41. The van der Waals surface area contributed by atoms with Crippen LogP contribution in [-0.4, -0.2) is 56.5 Å². The summed E-state index contributed by atoms with van der Waals surface area (Å²) in [5.41, 5.74) is 2.30. The van der Waals surface area contributed by atoms with Gasteiger partial charge in [-0.1, -0.05) is 31.4 Å². The minimum Gasteiger partial charge on any atom is -0.508 e. The molecular weight excluding hydrogens is 211 g/mol. The fourth-order valence-electron chi connectivity index (χ4n) is 2.41. The van der Waals surface area contributed by atoms with Gasteiger partial charge in [-0.05, 0) is 42.9 Å². The van der Waals surface area contributed by atoms with Crippen molar-refractivity contribution in [3.05, 3.63) is 29.3 Å². The van der Waals surface area contributed by atoms with Gasteiger partial charge in [-0.2, -0.15) is 0 Å². The van der Waals surface area contributed by atoms with E-state index in [4.69, 9.17) is 0 Å². The molecule has 0 aliphatic heterocycles. The summed E-state index contributed by atoms with van der Waals surface area (Å²) in [5, 5.41) is 9.84. The molecule has 0 heterocycles. The maximum absolute atomic E-state index is 9.84. The van der Waals surface area contributed by atoms with Crippen molar-refractivity contribution >= 4 is 51.4 Å². The zero-order valence-corrected chi connectivity index (χ0v) is 12.9. The Hall–Kier alpha value is 0.656. The Morgan fingerprint density at radius 3 is 2.40 bits per heavy atom. The van der Waals surface area contributed by atoms with Crippen LogP contribution in [0.3, 0.4) is 0 Å². The van der Waals surface area contributed by atoms with E-state index < -0.39 is 0 Å². The van der Waals surface area contributed by atoms with Crippen molar-refractivity contribution in [2.45, 2.75) is 44.9 Å². The van der Waals surface area contributed by atoms with Crippen LogP contribution in [0.4, 0.5) is 0 Å². The SMILES string of the molecule is Cc1ccc(C2CCCCC2)c(O)c1.[K]. The summed E-state index contributed by atoms with van der Waals surface area (Å²) in [6.07, 6.45) is 6.49. The molecule has 1 saturated carbocycles. The first-order valence-electron chi connectivity index (χ1n) is 5.57. The van der Waals surface area contributed by atoms with Gasteiger partial charge in [-0.25, -0.2) is 0 Å². The van der Waals surface area contributed by atoms with Gasteiger partial charge in [0, 0.05) is 51.4 Å². The van der Waals surface area contributed by atoms with Crippen molar-refractivity contribution in [2.75, 3.05) is 0 Å². The summed E-state index contributed by atoms with van der Waals surface area (Å²) in [5.74, 6) is 1.10. The van der Waals surface area contributed by atoms with E-state index in [1.165, 1.54) is 32.1 Å². The summed E-state index contributed by atoms with van der Waals surface area (Å²) in [6, 6.07) is 6.08. The van der Waals surface area contributed by atoms with Gasteiger partial charge in [0.05, 0.1) is 0 Å². The number of hydrogen-bond acceptors (Lipinski definition) is 1. The smallest absolute Gasteiger partial charge is 0.119 e. The summed E-state index contributed by atoms with van der Waals surface area (Å²) < 4.78 is 0. The standard InChI is InChI=1S/C13H18O.K/c1-10-7-8-12(13(14)9-10)11-5-3-2-4-6-11;/h7-9,11,14H,2-6H2,1H3;. The summed E-state index contributed by atoms with van der Waals surface area (Å²) >= 11 is 0. The molecule has 0 amide bonds. The molecule has 0 saturated heterocycles. The van der Waals surface area contributed by atoms with Gasteiger partial charge in [-0.3, -0.25) is 0 Å². The van der Waals surface area contributed by atoms with Crippen LogP contribution in [-0.2, 0) is 0 Å². The second-order valence-electron chi connectivity index (χ2n) is 4.40. The molecule has 0 bridgehead atoms. The zero-order chi connectivity index (χ0) is 9.97. The van der Waals surface area contributed by atoms with Crippen molar-refractivity contribution in [1.82, 2.24) is 0 Å². The number of benzene rings is 1. The number of phenols is 1. The minimum atomic E-state index is 0. The Kier molecular flexibility index (Phi) is 5.86. The van der Waals surface area contributed by atoms with E-state index in [0.717, 1.165) is 11.1 Å². The van der Waals surface area contributed by atoms with Crippen molar-refractivity contribution in [3.8, 4) is 5.75 Å². The van der Waals surface area contributed by atoms with Gasteiger partial charge in [0.25, 0.3) is 0 Å². The van der Waals surface area contributed by atoms with Crippen LogP contribution in [0.1, 0.15) is 49.1 Å². The molecule has 1 aliphatic rings. The van der Waals surface area contributed by atoms with Gasteiger partial charge < -0.3 is 5.11 Å². The molecule has 0 spiro atoms. The fourth-order valence-corrected chi connectivity index (χ4v) is 2.41. The van der Waals surface area contributed by atoms with Crippen LogP contribution >= 0.6 is 0 Å². The first-order valence-corrected chi connectivity index (χ1v) is 5.57. The molecule has 1 fully saturated rings. The maximum Gasteiger partial charge on any atom is 0.119 e. The van der Waals surface area contributed by atoms with Gasteiger partial charge in [0.15, 0.2) is 0 Å². The van der Waals surface area contributed by atoms with Crippen molar-refractivity contribution in [3.63, 3.8) is 0 Å². The van der Waals surface area contributed by atoms with E-state index >= 15 is 0 Å². The van der Waals surface area contributed by atoms with Crippen LogP contribution in [0.5, 0.6) is 5.75 Å². The Labute approximate surface area is 135 Å². The summed E-state index contributed by atoms with van der Waals surface area (Å²) in [4.78, 5) is 0. The summed E-state index contributed by atoms with van der Waals surface area (Å²) in [6.45, 7) is 2.02. The number of hydrogen-bond donors (Lipinski definition) is 1. The quantitative estimate of drug-likeness (QED) is 0.732. The molecule has 2 rings (SSSR count). The van der Waals surface area contributed by atoms with Crippen molar-refractivity contribution in [1.29, 1.82) is 0 Å². The topological polar surface area (TPSA) is 20.2 Å². The molecule has 77 valence electrons. The van der Waals surface area contributed by atoms with Gasteiger partial charge in [0.2, 0.25) is 0 Å². The Bertz CT molecular complexity index is 316. The van der Waals surface area contributed by atoms with E-state index in [0.29, 0.717) is 11.7 Å². The van der Waals surface area contributed by atoms with Crippen LogP contribution < -0.4 is 0 Å².